The van der Waals surface area contributed by atoms with E-state index in [2.05, 4.69) is 24.9 Å². The highest BCUT2D eigenvalue weighted by molar-refractivity contribution is 7.92. The van der Waals surface area contributed by atoms with Crippen LogP contribution >= 0.6 is 0 Å². The van der Waals surface area contributed by atoms with Gasteiger partial charge in [0.1, 0.15) is 11.6 Å². The average molecular weight is 648 g/mol. The number of hydrogen-bond acceptors (Lipinski definition) is 8. The van der Waals surface area contributed by atoms with Gasteiger partial charge in [-0.1, -0.05) is 12.1 Å². The molecule has 0 radical (unpaired) electrons. The standard InChI is InChI=1S/C32H34FN7O5S/c1-21-6-8-25(19-35-21)37-32(42)40(27-5-3-4-23(33)16-27)26-12-14-39(15-13-26)20-22-7-11-30(36-18-22)45-29-10-9-24(38-46(2,43)44)17-28(29)31(34)41/h3-11,16-19,26,38H,12-15,20H2,1-2H3,(H2,34,41)(H,37,42). The number of amides is 3. The normalized spacial score (nSPS) is 14.0. The van der Waals surface area contributed by atoms with E-state index in [1.165, 1.54) is 30.3 Å². The number of nitrogens with one attached hydrogen (secondary N) is 2. The van der Waals surface area contributed by atoms with Gasteiger partial charge in [-0.25, -0.2) is 22.6 Å². The number of aromatic nitrogens is 2. The molecule has 240 valence electrons. The van der Waals surface area contributed by atoms with Gasteiger partial charge in [-0.2, -0.15) is 0 Å². The molecular weight excluding hydrogens is 613 g/mol. The quantitative estimate of drug-likeness (QED) is 0.219. The first-order valence-corrected chi connectivity index (χ1v) is 16.4. The summed E-state index contributed by atoms with van der Waals surface area (Å²) in [5.41, 5.74) is 8.47. The monoisotopic (exact) mass is 647 g/mol. The minimum absolute atomic E-state index is 0.00102. The minimum atomic E-state index is -3.54. The van der Waals surface area contributed by atoms with E-state index in [0.717, 1.165) is 17.5 Å². The number of hydrogen-bond donors (Lipinski definition) is 3. The van der Waals surface area contributed by atoms with Gasteiger partial charge < -0.3 is 15.8 Å². The van der Waals surface area contributed by atoms with Crippen LogP contribution in [0.5, 0.6) is 11.6 Å². The van der Waals surface area contributed by atoms with Crippen molar-refractivity contribution in [2.75, 3.05) is 34.3 Å². The Morgan fingerprint density at radius 3 is 2.41 bits per heavy atom. The van der Waals surface area contributed by atoms with Crippen molar-refractivity contribution in [3.63, 3.8) is 0 Å². The van der Waals surface area contributed by atoms with Crippen LogP contribution in [0.15, 0.2) is 79.1 Å². The van der Waals surface area contributed by atoms with Crippen molar-refractivity contribution in [1.29, 1.82) is 0 Å². The van der Waals surface area contributed by atoms with Crippen molar-refractivity contribution in [1.82, 2.24) is 14.9 Å². The Balaban J connectivity index is 1.21. The van der Waals surface area contributed by atoms with Crippen LogP contribution in [0.1, 0.15) is 34.5 Å². The van der Waals surface area contributed by atoms with Crippen LogP contribution in [0, 0.1) is 12.7 Å². The molecule has 0 aliphatic carbocycles. The number of likely N-dealkylation sites (tertiary alicyclic amines) is 1. The lowest BCUT2D eigenvalue weighted by molar-refractivity contribution is 0.0998. The smallest absolute Gasteiger partial charge is 0.326 e. The van der Waals surface area contributed by atoms with Crippen molar-refractivity contribution in [3.8, 4) is 11.6 Å². The number of sulfonamides is 1. The largest absolute Gasteiger partial charge is 0.438 e. The number of pyridine rings is 2. The van der Waals surface area contributed by atoms with Crippen LogP contribution in [0.4, 0.5) is 26.2 Å². The molecule has 0 bridgehead atoms. The summed E-state index contributed by atoms with van der Waals surface area (Å²) in [6.45, 7) is 3.87. The number of halogens is 1. The number of piperidine rings is 1. The SMILES string of the molecule is Cc1ccc(NC(=O)N(c2cccc(F)c2)C2CCN(Cc3ccc(Oc4ccc(NS(C)(=O)=O)cc4C(N)=O)nc3)CC2)cn1. The summed E-state index contributed by atoms with van der Waals surface area (Å²) in [7, 11) is -3.54. The molecule has 1 saturated heterocycles. The first-order chi connectivity index (χ1) is 21.9. The maximum atomic E-state index is 14.2. The van der Waals surface area contributed by atoms with E-state index in [1.54, 1.807) is 41.6 Å². The summed E-state index contributed by atoms with van der Waals surface area (Å²) >= 11 is 0. The number of nitrogens with zero attached hydrogens (tertiary/aromatic N) is 4. The lowest BCUT2D eigenvalue weighted by Crippen LogP contribution is -2.49. The van der Waals surface area contributed by atoms with Gasteiger partial charge in [0.2, 0.25) is 15.9 Å². The fraction of sp³-hybridized carbons (Fsp3) is 0.250. The van der Waals surface area contributed by atoms with Crippen molar-refractivity contribution in [2.24, 2.45) is 5.73 Å². The number of carbonyl (C=O) groups excluding carboxylic acids is 2. The van der Waals surface area contributed by atoms with Crippen LogP contribution in [0.25, 0.3) is 0 Å². The Labute approximate surface area is 266 Å². The summed E-state index contributed by atoms with van der Waals surface area (Å²) in [6.07, 6.45) is 5.61. The molecule has 2 aromatic heterocycles. The number of ether oxygens (including phenoxy) is 1. The van der Waals surface area contributed by atoms with Gasteiger partial charge in [0, 0.05) is 55.0 Å². The highest BCUT2D eigenvalue weighted by Gasteiger charge is 2.30. The first kappa shape index (κ1) is 32.3. The summed E-state index contributed by atoms with van der Waals surface area (Å²) in [6, 6.07) is 16.9. The number of rotatable bonds is 10. The zero-order chi connectivity index (χ0) is 32.8. The molecule has 1 fully saturated rings. The Morgan fingerprint density at radius 2 is 1.78 bits per heavy atom. The molecule has 14 heteroatoms. The van der Waals surface area contributed by atoms with Crippen molar-refractivity contribution < 1.29 is 27.1 Å². The molecule has 2 aromatic carbocycles. The van der Waals surface area contributed by atoms with Gasteiger partial charge >= 0.3 is 6.03 Å². The molecule has 0 saturated carbocycles. The molecule has 5 rings (SSSR count). The molecule has 0 spiro atoms. The molecule has 4 N–H and O–H groups in total. The molecule has 1 aliphatic heterocycles. The maximum Gasteiger partial charge on any atom is 0.326 e. The predicted octanol–water partition coefficient (Wildman–Crippen LogP) is 4.89. The third-order valence-electron chi connectivity index (χ3n) is 7.36. The van der Waals surface area contributed by atoms with Crippen LogP contribution in [0.3, 0.4) is 0 Å². The Morgan fingerprint density at radius 1 is 1.02 bits per heavy atom. The Bertz CT molecular complexity index is 1810. The van der Waals surface area contributed by atoms with Gasteiger partial charge in [0.15, 0.2) is 0 Å². The van der Waals surface area contributed by atoms with Crippen LogP contribution in [0.2, 0.25) is 0 Å². The number of urea groups is 1. The van der Waals surface area contributed by atoms with E-state index in [0.29, 0.717) is 43.9 Å². The van der Waals surface area contributed by atoms with Crippen LogP contribution in [-0.2, 0) is 16.6 Å². The van der Waals surface area contributed by atoms with Crippen LogP contribution < -0.4 is 25.4 Å². The number of benzene rings is 2. The summed E-state index contributed by atoms with van der Waals surface area (Å²) < 4.78 is 45.3. The van der Waals surface area contributed by atoms with Crippen molar-refractivity contribution >= 4 is 39.0 Å². The molecule has 12 nitrogen and oxygen atoms in total. The fourth-order valence-electron chi connectivity index (χ4n) is 5.21. The number of anilines is 3. The van der Waals surface area contributed by atoms with Gasteiger partial charge in [-0.3, -0.25) is 24.3 Å². The van der Waals surface area contributed by atoms with Gasteiger partial charge in [-0.15, -0.1) is 0 Å². The van der Waals surface area contributed by atoms with Crippen molar-refractivity contribution in [2.45, 2.75) is 32.4 Å². The second-order valence-electron chi connectivity index (χ2n) is 11.0. The van der Waals surface area contributed by atoms with E-state index in [-0.39, 0.29) is 35.0 Å². The van der Waals surface area contributed by atoms with E-state index in [9.17, 15) is 22.4 Å². The molecule has 3 heterocycles. The number of nitrogens with two attached hydrogens (primary N) is 1. The first-order valence-electron chi connectivity index (χ1n) is 14.5. The second kappa shape index (κ2) is 13.9. The van der Waals surface area contributed by atoms with Gasteiger partial charge in [-0.05, 0) is 73.9 Å². The van der Waals surface area contributed by atoms with Crippen molar-refractivity contribution in [3.05, 3.63) is 102 Å². The lowest BCUT2D eigenvalue weighted by atomic mass is 10.0. The topological polar surface area (TPSA) is 160 Å². The lowest BCUT2D eigenvalue weighted by Gasteiger charge is -2.38. The molecule has 4 aromatic rings. The predicted molar refractivity (Wildman–Crippen MR) is 173 cm³/mol. The highest BCUT2D eigenvalue weighted by atomic mass is 32.2. The molecule has 3 amide bonds. The number of aryl methyl sites for hydroxylation is 1. The van der Waals surface area contributed by atoms with E-state index < -0.39 is 21.7 Å². The van der Waals surface area contributed by atoms with E-state index in [4.69, 9.17) is 10.5 Å². The molecule has 46 heavy (non-hydrogen) atoms. The Hall–Kier alpha value is -5.08. The van der Waals surface area contributed by atoms with E-state index in [1.807, 2.05) is 19.1 Å². The molecule has 0 atom stereocenters. The third-order valence-corrected chi connectivity index (χ3v) is 7.96. The maximum absolute atomic E-state index is 14.2. The summed E-state index contributed by atoms with van der Waals surface area (Å²) in [5.74, 6) is -0.835. The Kier molecular flexibility index (Phi) is 9.78. The zero-order valence-electron chi connectivity index (χ0n) is 25.3. The number of primary amides is 1. The van der Waals surface area contributed by atoms with Gasteiger partial charge in [0.05, 0.1) is 23.7 Å². The fourth-order valence-corrected chi connectivity index (χ4v) is 5.76. The van der Waals surface area contributed by atoms with Gasteiger partial charge in [0.25, 0.3) is 5.91 Å². The molecule has 0 unspecified atom stereocenters. The minimum Gasteiger partial charge on any atom is -0.438 e. The zero-order valence-corrected chi connectivity index (χ0v) is 26.1. The van der Waals surface area contributed by atoms with E-state index >= 15 is 0 Å². The second-order valence-corrected chi connectivity index (χ2v) is 12.8. The third kappa shape index (κ3) is 8.55. The highest BCUT2D eigenvalue weighted by Crippen LogP contribution is 2.29. The summed E-state index contributed by atoms with van der Waals surface area (Å²) in [4.78, 5) is 37.9. The summed E-state index contributed by atoms with van der Waals surface area (Å²) in [5, 5.41) is 2.89. The number of carbonyl (C=O) groups is 2. The molecular formula is C32H34FN7O5S. The van der Waals surface area contributed by atoms with Crippen LogP contribution in [-0.4, -0.2) is 60.6 Å². The molecule has 1 aliphatic rings. The average Bonchev–Trinajstić information content (AvgIpc) is 3.00.